The van der Waals surface area contributed by atoms with Gasteiger partial charge in [0.1, 0.15) is 12.4 Å². The summed E-state index contributed by atoms with van der Waals surface area (Å²) in [5.74, 6) is -0.352. The normalized spacial score (nSPS) is 17.2. The van der Waals surface area contributed by atoms with Crippen LogP contribution < -0.4 is 5.32 Å². The molecule has 5 nitrogen and oxygen atoms in total. The number of amides is 3. The first-order valence-corrected chi connectivity index (χ1v) is 14.0. The molecule has 2 aliphatic carbocycles. The summed E-state index contributed by atoms with van der Waals surface area (Å²) >= 11 is 1.64. The molecule has 2 aliphatic rings. The van der Waals surface area contributed by atoms with Gasteiger partial charge in [0.25, 0.3) is 0 Å². The van der Waals surface area contributed by atoms with E-state index in [9.17, 15) is 14.0 Å². The third kappa shape index (κ3) is 7.29. The van der Waals surface area contributed by atoms with Crippen molar-refractivity contribution in [2.75, 3.05) is 6.54 Å². The van der Waals surface area contributed by atoms with Crippen molar-refractivity contribution in [2.45, 2.75) is 96.3 Å². The summed E-state index contributed by atoms with van der Waals surface area (Å²) in [6.45, 7) is 3.01. The highest BCUT2D eigenvalue weighted by Gasteiger charge is 2.30. The van der Waals surface area contributed by atoms with Gasteiger partial charge in [-0.25, -0.2) is 9.18 Å². The number of aryl methyl sites for hydroxylation is 1. The number of nitrogens with zero attached hydrogens (tertiary/aromatic N) is 2. The number of halogens is 1. The van der Waals surface area contributed by atoms with Crippen LogP contribution in [0.1, 0.15) is 80.2 Å². The van der Waals surface area contributed by atoms with Crippen LogP contribution in [0.3, 0.4) is 0 Å². The molecule has 1 aromatic heterocycles. The van der Waals surface area contributed by atoms with Crippen LogP contribution in [0.5, 0.6) is 0 Å². The van der Waals surface area contributed by atoms with Gasteiger partial charge < -0.3 is 15.1 Å². The van der Waals surface area contributed by atoms with Gasteiger partial charge in [-0.2, -0.15) is 0 Å². The predicted molar refractivity (Wildman–Crippen MR) is 139 cm³/mol. The van der Waals surface area contributed by atoms with Crippen molar-refractivity contribution in [2.24, 2.45) is 0 Å². The van der Waals surface area contributed by atoms with E-state index in [1.54, 1.807) is 23.5 Å². The molecule has 1 N–H and O–H groups in total. The van der Waals surface area contributed by atoms with Crippen LogP contribution in [0.4, 0.5) is 9.18 Å². The van der Waals surface area contributed by atoms with E-state index in [4.69, 9.17) is 0 Å². The van der Waals surface area contributed by atoms with Crippen molar-refractivity contribution in [3.05, 3.63) is 57.5 Å². The molecule has 0 aliphatic heterocycles. The van der Waals surface area contributed by atoms with Crippen molar-refractivity contribution in [3.8, 4) is 0 Å². The van der Waals surface area contributed by atoms with E-state index in [1.165, 1.54) is 25.0 Å². The van der Waals surface area contributed by atoms with E-state index in [2.05, 4.69) is 18.3 Å². The summed E-state index contributed by atoms with van der Waals surface area (Å²) in [6, 6.07) is 8.60. The largest absolute Gasteiger partial charge is 0.335 e. The lowest BCUT2D eigenvalue weighted by atomic mass is 9.94. The van der Waals surface area contributed by atoms with E-state index in [0.717, 1.165) is 67.4 Å². The third-order valence-electron chi connectivity index (χ3n) is 7.46. The highest BCUT2D eigenvalue weighted by molar-refractivity contribution is 7.10. The maximum Gasteiger partial charge on any atom is 0.318 e. The minimum absolute atomic E-state index is 0.0634. The van der Waals surface area contributed by atoms with E-state index >= 15 is 0 Å². The van der Waals surface area contributed by atoms with Gasteiger partial charge in [0.15, 0.2) is 0 Å². The van der Waals surface area contributed by atoms with Crippen LogP contribution in [-0.2, 0) is 17.9 Å². The minimum atomic E-state index is -0.288. The lowest BCUT2D eigenvalue weighted by molar-refractivity contribution is -0.133. The lowest BCUT2D eigenvalue weighted by Gasteiger charge is -2.37. The maximum atomic E-state index is 13.7. The fraction of sp³-hybridized carbons (Fsp3) is 0.571. The Kier molecular flexibility index (Phi) is 9.18. The quantitative estimate of drug-likeness (QED) is 0.457. The van der Waals surface area contributed by atoms with E-state index in [1.807, 2.05) is 15.2 Å². The second-order valence-electron chi connectivity index (χ2n) is 10.1. The van der Waals surface area contributed by atoms with E-state index < -0.39 is 0 Å². The molecule has 1 aromatic carbocycles. The Hall–Kier alpha value is -2.41. The first-order chi connectivity index (χ1) is 17.0. The fourth-order valence-electron chi connectivity index (χ4n) is 5.29. The molecule has 0 unspecified atom stereocenters. The van der Waals surface area contributed by atoms with Gasteiger partial charge in [0, 0.05) is 23.5 Å². The second kappa shape index (κ2) is 12.5. The molecule has 190 valence electrons. The summed E-state index contributed by atoms with van der Waals surface area (Å²) in [7, 11) is 0. The number of carbonyl (C=O) groups is 2. The molecular weight excluding hydrogens is 461 g/mol. The molecule has 0 spiro atoms. The Labute approximate surface area is 212 Å². The van der Waals surface area contributed by atoms with Crippen LogP contribution in [-0.4, -0.2) is 40.4 Å². The van der Waals surface area contributed by atoms with Crippen molar-refractivity contribution in [1.82, 2.24) is 15.1 Å². The first-order valence-electron chi connectivity index (χ1n) is 13.1. The summed E-state index contributed by atoms with van der Waals surface area (Å²) in [6.07, 6.45) is 10.9. The van der Waals surface area contributed by atoms with Crippen LogP contribution in [0.25, 0.3) is 0 Å². The summed E-state index contributed by atoms with van der Waals surface area (Å²) in [5.41, 5.74) is 2.04. The van der Waals surface area contributed by atoms with Gasteiger partial charge in [-0.3, -0.25) is 4.79 Å². The summed E-state index contributed by atoms with van der Waals surface area (Å²) < 4.78 is 13.5. The zero-order chi connectivity index (χ0) is 24.6. The van der Waals surface area contributed by atoms with Crippen molar-refractivity contribution in [1.29, 1.82) is 0 Å². The SMILES string of the molecule is Cc1ccsc1CN(Cc1ccc(F)cc1)C(=O)CN(C(=O)NC1CCCCC1)C1CCCCC1. The number of urea groups is 1. The number of hydrogen-bond acceptors (Lipinski definition) is 3. The minimum Gasteiger partial charge on any atom is -0.335 e. The van der Waals surface area contributed by atoms with E-state index in [-0.39, 0.29) is 36.4 Å². The van der Waals surface area contributed by atoms with Crippen molar-refractivity contribution >= 4 is 23.3 Å². The Morgan fingerprint density at radius 3 is 2.23 bits per heavy atom. The highest BCUT2D eigenvalue weighted by Crippen LogP contribution is 2.25. The molecule has 0 saturated heterocycles. The average molecular weight is 500 g/mol. The van der Waals surface area contributed by atoms with Crippen LogP contribution in [0.15, 0.2) is 35.7 Å². The zero-order valence-electron chi connectivity index (χ0n) is 20.8. The lowest BCUT2D eigenvalue weighted by Crippen LogP contribution is -2.53. The molecular formula is C28H38FN3O2S. The first kappa shape index (κ1) is 25.7. The number of hydrogen-bond donors (Lipinski definition) is 1. The Balaban J connectivity index is 1.51. The van der Waals surface area contributed by atoms with Crippen LogP contribution >= 0.6 is 11.3 Å². The predicted octanol–water partition coefficient (Wildman–Crippen LogP) is 6.40. The number of nitrogens with one attached hydrogen (secondary N) is 1. The molecule has 35 heavy (non-hydrogen) atoms. The highest BCUT2D eigenvalue weighted by atomic mass is 32.1. The molecule has 2 fully saturated rings. The molecule has 3 amide bonds. The fourth-order valence-corrected chi connectivity index (χ4v) is 6.21. The van der Waals surface area contributed by atoms with Crippen LogP contribution in [0, 0.1) is 12.7 Å². The van der Waals surface area contributed by atoms with Gasteiger partial charge in [0.05, 0.1) is 6.54 Å². The molecule has 4 rings (SSSR count). The molecule has 2 saturated carbocycles. The van der Waals surface area contributed by atoms with Gasteiger partial charge >= 0.3 is 6.03 Å². The zero-order valence-corrected chi connectivity index (χ0v) is 21.6. The summed E-state index contributed by atoms with van der Waals surface area (Å²) in [5, 5.41) is 5.29. The molecule has 0 radical (unpaired) electrons. The van der Waals surface area contributed by atoms with Crippen LogP contribution in [0.2, 0.25) is 0 Å². The second-order valence-corrected chi connectivity index (χ2v) is 11.1. The number of thiophene rings is 1. The molecule has 7 heteroatoms. The smallest absolute Gasteiger partial charge is 0.318 e. The van der Waals surface area contributed by atoms with E-state index in [0.29, 0.717) is 13.1 Å². The Morgan fingerprint density at radius 1 is 0.943 bits per heavy atom. The van der Waals surface area contributed by atoms with Gasteiger partial charge in [0.2, 0.25) is 5.91 Å². The molecule has 1 heterocycles. The van der Waals surface area contributed by atoms with Gasteiger partial charge in [-0.1, -0.05) is 50.7 Å². The number of carbonyl (C=O) groups excluding carboxylic acids is 2. The maximum absolute atomic E-state index is 13.7. The number of benzene rings is 1. The van der Waals surface area contributed by atoms with Gasteiger partial charge in [-0.05, 0) is 67.3 Å². The molecule has 0 bridgehead atoms. The van der Waals surface area contributed by atoms with Crippen molar-refractivity contribution in [3.63, 3.8) is 0 Å². The Morgan fingerprint density at radius 2 is 1.60 bits per heavy atom. The van der Waals surface area contributed by atoms with Crippen molar-refractivity contribution < 1.29 is 14.0 Å². The summed E-state index contributed by atoms with van der Waals surface area (Å²) in [4.78, 5) is 31.9. The average Bonchev–Trinajstić information content (AvgIpc) is 3.28. The molecule has 2 aromatic rings. The number of rotatable bonds is 8. The standard InChI is InChI=1S/C28H38FN3O2S/c1-21-16-17-35-26(21)19-31(18-22-12-14-23(29)15-13-22)27(33)20-32(25-10-6-3-7-11-25)28(34)30-24-8-4-2-5-9-24/h12-17,24-25H,2-11,18-20H2,1H3,(H,30,34). The topological polar surface area (TPSA) is 52.7 Å². The van der Waals surface area contributed by atoms with Gasteiger partial charge in [-0.15, -0.1) is 11.3 Å². The molecule has 0 atom stereocenters. The Bertz CT molecular complexity index is 965. The monoisotopic (exact) mass is 499 g/mol. The third-order valence-corrected chi connectivity index (χ3v) is 8.46.